The van der Waals surface area contributed by atoms with Crippen molar-refractivity contribution in [2.75, 3.05) is 12.8 Å². The molecule has 0 aromatic heterocycles. The maximum Gasteiger partial charge on any atom is 1.00 e. The second kappa shape index (κ2) is 4.71. The van der Waals surface area contributed by atoms with E-state index in [4.69, 9.17) is 10.5 Å². The van der Waals surface area contributed by atoms with Crippen molar-refractivity contribution in [2.24, 2.45) is 0 Å². The molecular formula is C7H8LiNO4S. The smallest absolute Gasteiger partial charge is 0.744 e. The summed E-state index contributed by atoms with van der Waals surface area (Å²) in [6, 6.07) is 3.77. The van der Waals surface area contributed by atoms with Crippen LogP contribution in [0.15, 0.2) is 23.1 Å². The second-order valence-corrected chi connectivity index (χ2v) is 3.71. The van der Waals surface area contributed by atoms with Crippen LogP contribution in [-0.4, -0.2) is 20.1 Å². The van der Waals surface area contributed by atoms with Gasteiger partial charge in [0.05, 0.1) is 17.7 Å². The molecule has 7 heteroatoms. The molecule has 1 aromatic rings. The molecule has 0 aliphatic carbocycles. The molecule has 0 atom stereocenters. The van der Waals surface area contributed by atoms with E-state index in [1.165, 1.54) is 19.2 Å². The van der Waals surface area contributed by atoms with Crippen LogP contribution >= 0.6 is 0 Å². The maximum atomic E-state index is 10.6. The van der Waals surface area contributed by atoms with Gasteiger partial charge in [0.25, 0.3) is 0 Å². The molecule has 0 radical (unpaired) electrons. The van der Waals surface area contributed by atoms with Crippen molar-refractivity contribution in [2.45, 2.75) is 4.90 Å². The third kappa shape index (κ3) is 2.92. The van der Waals surface area contributed by atoms with Crippen LogP contribution in [-0.2, 0) is 10.1 Å². The van der Waals surface area contributed by atoms with E-state index in [9.17, 15) is 13.0 Å². The van der Waals surface area contributed by atoms with Crippen LogP contribution in [0.5, 0.6) is 5.75 Å². The van der Waals surface area contributed by atoms with Gasteiger partial charge in [0.1, 0.15) is 15.9 Å². The molecule has 0 saturated carbocycles. The van der Waals surface area contributed by atoms with E-state index < -0.39 is 15.0 Å². The Morgan fingerprint density at radius 3 is 2.36 bits per heavy atom. The average molecular weight is 209 g/mol. The number of methoxy groups -OCH3 is 1. The number of nitrogen functional groups attached to an aromatic ring is 1. The van der Waals surface area contributed by atoms with E-state index in [1.54, 1.807) is 0 Å². The fourth-order valence-corrected chi connectivity index (χ4v) is 1.46. The summed E-state index contributed by atoms with van der Waals surface area (Å²) in [6.45, 7) is 0. The predicted octanol–water partition coefficient (Wildman–Crippen LogP) is -2.81. The zero-order valence-corrected chi connectivity index (χ0v) is 8.67. The van der Waals surface area contributed by atoms with Crippen LogP contribution in [0.2, 0.25) is 0 Å². The van der Waals surface area contributed by atoms with Gasteiger partial charge in [-0.15, -0.1) is 0 Å². The minimum absolute atomic E-state index is 0. The average Bonchev–Trinajstić information content (AvgIpc) is 2.01. The summed E-state index contributed by atoms with van der Waals surface area (Å²) in [5.41, 5.74) is 5.22. The van der Waals surface area contributed by atoms with Gasteiger partial charge in [0.15, 0.2) is 0 Å². The molecule has 0 heterocycles. The Hall–Kier alpha value is -0.673. The Morgan fingerprint density at radius 1 is 1.43 bits per heavy atom. The van der Waals surface area contributed by atoms with Crippen molar-refractivity contribution in [3.05, 3.63) is 18.2 Å². The molecule has 0 bridgehead atoms. The largest absolute Gasteiger partial charge is 1.00 e. The van der Waals surface area contributed by atoms with Crippen LogP contribution in [0.25, 0.3) is 0 Å². The Morgan fingerprint density at radius 2 is 2.00 bits per heavy atom. The van der Waals surface area contributed by atoms with E-state index in [0.29, 0.717) is 5.75 Å². The minimum Gasteiger partial charge on any atom is -0.744 e. The van der Waals surface area contributed by atoms with Crippen LogP contribution in [0, 0.1) is 0 Å². The molecule has 0 amide bonds. The quantitative estimate of drug-likeness (QED) is 0.322. The molecule has 14 heavy (non-hydrogen) atoms. The molecule has 72 valence electrons. The Kier molecular flexibility index (Phi) is 4.48. The Labute approximate surface area is 94.2 Å². The molecule has 1 aromatic carbocycles. The molecule has 5 nitrogen and oxygen atoms in total. The van der Waals surface area contributed by atoms with Crippen molar-refractivity contribution in [3.63, 3.8) is 0 Å². The first-order valence-electron chi connectivity index (χ1n) is 3.34. The third-order valence-corrected chi connectivity index (χ3v) is 2.40. The summed E-state index contributed by atoms with van der Waals surface area (Å²) in [5, 5.41) is 0. The topological polar surface area (TPSA) is 92.5 Å². The van der Waals surface area contributed by atoms with Crippen molar-refractivity contribution in [1.82, 2.24) is 0 Å². The second-order valence-electron chi connectivity index (χ2n) is 2.36. The number of hydrogen-bond donors (Lipinski definition) is 1. The number of benzene rings is 1. The summed E-state index contributed by atoms with van der Waals surface area (Å²) < 4.78 is 36.5. The summed E-state index contributed by atoms with van der Waals surface area (Å²) in [4.78, 5) is -0.423. The Bertz CT molecular complexity index is 418. The van der Waals surface area contributed by atoms with E-state index in [1.807, 2.05) is 0 Å². The van der Waals surface area contributed by atoms with Crippen LogP contribution < -0.4 is 29.3 Å². The molecule has 2 N–H and O–H groups in total. The van der Waals surface area contributed by atoms with E-state index in [2.05, 4.69) is 0 Å². The first kappa shape index (κ1) is 13.3. The van der Waals surface area contributed by atoms with E-state index >= 15 is 0 Å². The molecule has 0 spiro atoms. The van der Waals surface area contributed by atoms with Gasteiger partial charge in [-0.1, -0.05) is 0 Å². The molecule has 0 aliphatic heterocycles. The fourth-order valence-electron chi connectivity index (χ4n) is 0.881. The maximum absolute atomic E-state index is 10.6. The summed E-state index contributed by atoms with van der Waals surface area (Å²) >= 11 is 0. The summed E-state index contributed by atoms with van der Waals surface area (Å²) in [6.07, 6.45) is 0. The van der Waals surface area contributed by atoms with Gasteiger partial charge >= 0.3 is 18.9 Å². The van der Waals surface area contributed by atoms with Crippen molar-refractivity contribution in [1.29, 1.82) is 0 Å². The standard InChI is InChI=1S/C7H9NO4S.Li/c1-12-5-2-3-7(6(8)4-5)13(9,10)11;/h2-4H,8H2,1H3,(H,9,10,11);/q;+1/p-1. The van der Waals surface area contributed by atoms with E-state index in [0.717, 1.165) is 6.07 Å². The number of ether oxygens (including phenoxy) is 1. The molecule has 0 unspecified atom stereocenters. The van der Waals surface area contributed by atoms with Gasteiger partial charge < -0.3 is 15.0 Å². The monoisotopic (exact) mass is 209 g/mol. The zero-order valence-electron chi connectivity index (χ0n) is 7.85. The van der Waals surface area contributed by atoms with Crippen molar-refractivity contribution >= 4 is 15.8 Å². The van der Waals surface area contributed by atoms with Crippen molar-refractivity contribution < 1.29 is 36.6 Å². The van der Waals surface area contributed by atoms with Gasteiger partial charge in [0, 0.05) is 6.07 Å². The van der Waals surface area contributed by atoms with Crippen LogP contribution in [0.3, 0.4) is 0 Å². The van der Waals surface area contributed by atoms with Gasteiger partial charge in [-0.05, 0) is 12.1 Å². The van der Waals surface area contributed by atoms with Gasteiger partial charge in [-0.25, -0.2) is 8.42 Å². The molecule has 0 aliphatic rings. The van der Waals surface area contributed by atoms with Crippen molar-refractivity contribution in [3.8, 4) is 5.75 Å². The first-order valence-corrected chi connectivity index (χ1v) is 4.75. The SMILES string of the molecule is COc1ccc(S(=O)(=O)[O-])c(N)c1.[Li+]. The summed E-state index contributed by atoms with van der Waals surface area (Å²) in [7, 11) is -3.07. The number of nitrogens with two attached hydrogens (primary N) is 1. The molecular weight excluding hydrogens is 201 g/mol. The zero-order chi connectivity index (χ0) is 10.1. The van der Waals surface area contributed by atoms with E-state index in [-0.39, 0.29) is 24.5 Å². The fraction of sp³-hybridized carbons (Fsp3) is 0.143. The predicted molar refractivity (Wildman–Crippen MR) is 45.4 cm³/mol. The van der Waals surface area contributed by atoms with Gasteiger partial charge in [0.2, 0.25) is 0 Å². The third-order valence-electron chi connectivity index (χ3n) is 1.49. The summed E-state index contributed by atoms with van der Waals surface area (Å²) in [5.74, 6) is 0.407. The first-order chi connectivity index (χ1) is 5.95. The minimum atomic E-state index is -4.49. The van der Waals surface area contributed by atoms with Gasteiger partial charge in [-0.2, -0.15) is 0 Å². The van der Waals surface area contributed by atoms with Crippen LogP contribution in [0.1, 0.15) is 0 Å². The van der Waals surface area contributed by atoms with Crippen LogP contribution in [0.4, 0.5) is 5.69 Å². The Balaban J connectivity index is 0.00000169. The molecule has 0 fully saturated rings. The number of hydrogen-bond acceptors (Lipinski definition) is 5. The number of anilines is 1. The number of rotatable bonds is 2. The molecule has 0 saturated heterocycles. The molecule has 1 rings (SSSR count). The van der Waals surface area contributed by atoms with Gasteiger partial charge in [-0.3, -0.25) is 0 Å². The normalized spacial score (nSPS) is 10.4.